The zero-order chi connectivity index (χ0) is 22.3. The summed E-state index contributed by atoms with van der Waals surface area (Å²) in [7, 11) is 0. The molecule has 1 aromatic heterocycles. The number of carbonyl (C=O) groups excluding carboxylic acids is 2. The smallest absolute Gasteiger partial charge is 0.410 e. The Labute approximate surface area is 187 Å². The third kappa shape index (κ3) is 5.33. The number of aromatic nitrogens is 4. The van der Waals surface area contributed by atoms with Crippen LogP contribution in [0.4, 0.5) is 4.79 Å². The Balaban J connectivity index is 1.42. The van der Waals surface area contributed by atoms with E-state index in [0.29, 0.717) is 37.0 Å². The minimum absolute atomic E-state index is 0.183. The minimum atomic E-state index is -0.615. The quantitative estimate of drug-likeness (QED) is 0.544. The van der Waals surface area contributed by atoms with Crippen molar-refractivity contribution in [3.63, 3.8) is 0 Å². The van der Waals surface area contributed by atoms with Crippen LogP contribution in [-0.4, -0.2) is 56.8 Å². The second kappa shape index (κ2) is 10.4. The molecule has 0 unspecified atom stereocenters. The Bertz CT molecular complexity index is 931. The maximum absolute atomic E-state index is 12.9. The van der Waals surface area contributed by atoms with Crippen LogP contribution in [0.3, 0.4) is 0 Å². The highest BCUT2D eigenvalue weighted by Gasteiger charge is 2.44. The molecule has 32 heavy (non-hydrogen) atoms. The molecule has 2 aliphatic rings. The van der Waals surface area contributed by atoms with Crippen molar-refractivity contribution >= 4 is 12.1 Å². The van der Waals surface area contributed by atoms with E-state index in [9.17, 15) is 9.59 Å². The number of nitrogens with one attached hydrogen (secondary N) is 1. The van der Waals surface area contributed by atoms with Gasteiger partial charge in [-0.3, -0.25) is 4.90 Å². The number of allylic oxidation sites excluding steroid dienone is 2. The first-order valence-electron chi connectivity index (χ1n) is 11.2. The van der Waals surface area contributed by atoms with Gasteiger partial charge in [-0.25, -0.2) is 9.59 Å². The summed E-state index contributed by atoms with van der Waals surface area (Å²) in [4.78, 5) is 27.2. The van der Waals surface area contributed by atoms with Gasteiger partial charge in [0.1, 0.15) is 12.6 Å². The highest BCUT2D eigenvalue weighted by molar-refractivity contribution is 5.81. The number of H-pyrrole nitrogens is 1. The molecule has 0 bridgehead atoms. The largest absolute Gasteiger partial charge is 0.464 e. The number of hydrogen-bond acceptors (Lipinski definition) is 7. The van der Waals surface area contributed by atoms with Crippen molar-refractivity contribution in [3.8, 4) is 0 Å². The lowest BCUT2D eigenvalue weighted by Crippen LogP contribution is -2.54. The van der Waals surface area contributed by atoms with E-state index in [4.69, 9.17) is 9.47 Å². The average Bonchev–Trinajstić information content (AvgIpc) is 3.35. The first kappa shape index (κ1) is 22.0. The molecule has 4 rings (SSSR count). The maximum atomic E-state index is 12.9. The molecule has 1 amide bonds. The number of ether oxygens (including phenoxy) is 2. The number of aromatic amines is 1. The molecule has 1 saturated heterocycles. The first-order chi connectivity index (χ1) is 15.6. The molecule has 0 radical (unpaired) electrons. The molecular formula is C23H29N5O4. The van der Waals surface area contributed by atoms with Gasteiger partial charge in [0.25, 0.3) is 0 Å². The van der Waals surface area contributed by atoms with Crippen molar-refractivity contribution < 1.29 is 19.1 Å². The van der Waals surface area contributed by atoms with Crippen LogP contribution < -0.4 is 0 Å². The van der Waals surface area contributed by atoms with Crippen LogP contribution in [0.1, 0.15) is 44.0 Å². The Morgan fingerprint density at radius 2 is 2.06 bits per heavy atom. The Hall–Kier alpha value is -3.23. The van der Waals surface area contributed by atoms with Gasteiger partial charge in [0.2, 0.25) is 0 Å². The van der Waals surface area contributed by atoms with Crippen LogP contribution in [0, 0.1) is 11.8 Å². The summed E-state index contributed by atoms with van der Waals surface area (Å²) in [5.41, 5.74) is 2.26. The number of amides is 1. The fraction of sp³-hybridized carbons (Fsp3) is 0.522. The first-order valence-corrected chi connectivity index (χ1v) is 11.2. The number of likely N-dealkylation sites (tertiary alicyclic amines) is 1. The average molecular weight is 440 g/mol. The van der Waals surface area contributed by atoms with Crippen molar-refractivity contribution in [3.05, 3.63) is 53.4 Å². The summed E-state index contributed by atoms with van der Waals surface area (Å²) in [5.74, 6) is 0.977. The standard InChI is InChI=1S/C23H29N5O4/c1-2-31-22(29)20-13-19-12-16(9-11-21-24-26-27-25-21)8-10-18(19)14-28(20)23(30)32-15-17-6-4-3-5-7-17/h3-7,9,18-20H,2,8,10-15H2,1H3,(H,24,25,26,27)/b16-9+/t18-,19+,20-/m0/s1. The van der Waals surface area contributed by atoms with E-state index in [1.165, 1.54) is 5.57 Å². The van der Waals surface area contributed by atoms with Gasteiger partial charge < -0.3 is 9.47 Å². The number of piperidine rings is 1. The highest BCUT2D eigenvalue weighted by atomic mass is 16.6. The normalized spacial score (nSPS) is 24.1. The lowest BCUT2D eigenvalue weighted by atomic mass is 9.71. The summed E-state index contributed by atoms with van der Waals surface area (Å²) in [6.07, 6.45) is 5.79. The molecule has 3 atom stereocenters. The van der Waals surface area contributed by atoms with Crippen LogP contribution >= 0.6 is 0 Å². The molecule has 1 aliphatic carbocycles. The van der Waals surface area contributed by atoms with Gasteiger partial charge in [0.05, 0.1) is 6.61 Å². The molecule has 170 valence electrons. The molecular weight excluding hydrogens is 410 g/mol. The van der Waals surface area contributed by atoms with Gasteiger partial charge in [0, 0.05) is 13.0 Å². The molecule has 1 N–H and O–H groups in total. The fourth-order valence-electron chi connectivity index (χ4n) is 4.68. The summed E-state index contributed by atoms with van der Waals surface area (Å²) in [5, 5.41) is 14.1. The second-order valence-corrected chi connectivity index (χ2v) is 8.35. The highest BCUT2D eigenvalue weighted by Crippen LogP contribution is 2.41. The van der Waals surface area contributed by atoms with Crippen LogP contribution in [0.15, 0.2) is 42.0 Å². The number of esters is 1. The van der Waals surface area contributed by atoms with Gasteiger partial charge in [-0.05, 0) is 50.0 Å². The number of tetrazole rings is 1. The molecule has 2 aromatic rings. The van der Waals surface area contributed by atoms with Crippen LogP contribution in [0.25, 0.3) is 0 Å². The van der Waals surface area contributed by atoms with Gasteiger partial charge >= 0.3 is 12.1 Å². The number of nitrogens with zero attached hydrogens (tertiary/aromatic N) is 4. The zero-order valence-corrected chi connectivity index (χ0v) is 18.3. The van der Waals surface area contributed by atoms with Gasteiger partial charge in [-0.15, -0.1) is 10.2 Å². The maximum Gasteiger partial charge on any atom is 0.410 e. The predicted molar refractivity (Wildman–Crippen MR) is 115 cm³/mol. The third-order valence-electron chi connectivity index (χ3n) is 6.32. The third-order valence-corrected chi connectivity index (χ3v) is 6.32. The topological polar surface area (TPSA) is 110 Å². The van der Waals surface area contributed by atoms with Crippen LogP contribution in [0.2, 0.25) is 0 Å². The molecule has 0 spiro atoms. The van der Waals surface area contributed by atoms with Crippen molar-refractivity contribution in [2.45, 2.75) is 51.7 Å². The summed E-state index contributed by atoms with van der Waals surface area (Å²) in [6.45, 7) is 2.76. The SMILES string of the molecule is CCOC(=O)[C@@H]1C[C@H]2C/C(=C/Cc3nn[nH]n3)CC[C@H]2CN1C(=O)OCc1ccccc1. The number of carbonyl (C=O) groups is 2. The lowest BCUT2D eigenvalue weighted by molar-refractivity contribution is -0.152. The van der Waals surface area contributed by atoms with E-state index in [1.54, 1.807) is 11.8 Å². The van der Waals surface area contributed by atoms with E-state index in [0.717, 1.165) is 24.8 Å². The van der Waals surface area contributed by atoms with Crippen molar-refractivity contribution in [2.75, 3.05) is 13.2 Å². The molecule has 2 heterocycles. The van der Waals surface area contributed by atoms with Crippen LogP contribution in [-0.2, 0) is 27.3 Å². The zero-order valence-electron chi connectivity index (χ0n) is 18.3. The Morgan fingerprint density at radius 1 is 1.22 bits per heavy atom. The number of hydrogen-bond donors (Lipinski definition) is 1. The fourth-order valence-corrected chi connectivity index (χ4v) is 4.68. The summed E-state index contributed by atoms with van der Waals surface area (Å²) in [6, 6.07) is 8.93. The molecule has 9 heteroatoms. The van der Waals surface area contributed by atoms with E-state index < -0.39 is 12.1 Å². The van der Waals surface area contributed by atoms with Gasteiger partial charge in [-0.2, -0.15) is 5.21 Å². The summed E-state index contributed by atoms with van der Waals surface area (Å²) >= 11 is 0. The second-order valence-electron chi connectivity index (χ2n) is 8.35. The predicted octanol–water partition coefficient (Wildman–Crippen LogP) is 3.06. The monoisotopic (exact) mass is 439 g/mol. The molecule has 1 aromatic carbocycles. The van der Waals surface area contributed by atoms with Crippen molar-refractivity contribution in [1.82, 2.24) is 25.5 Å². The van der Waals surface area contributed by atoms with E-state index >= 15 is 0 Å². The number of benzene rings is 1. The molecule has 2 fully saturated rings. The van der Waals surface area contributed by atoms with Gasteiger partial charge in [-0.1, -0.05) is 47.2 Å². The van der Waals surface area contributed by atoms with Crippen molar-refractivity contribution in [1.29, 1.82) is 0 Å². The minimum Gasteiger partial charge on any atom is -0.464 e. The molecule has 1 aliphatic heterocycles. The van der Waals surface area contributed by atoms with Gasteiger partial charge in [0.15, 0.2) is 5.82 Å². The molecule has 9 nitrogen and oxygen atoms in total. The van der Waals surface area contributed by atoms with Crippen molar-refractivity contribution in [2.24, 2.45) is 11.8 Å². The van der Waals surface area contributed by atoms with E-state index in [2.05, 4.69) is 26.7 Å². The van der Waals surface area contributed by atoms with E-state index in [1.807, 2.05) is 30.3 Å². The van der Waals surface area contributed by atoms with Crippen LogP contribution in [0.5, 0.6) is 0 Å². The van der Waals surface area contributed by atoms with E-state index in [-0.39, 0.29) is 19.2 Å². The Kier molecular flexibility index (Phi) is 7.14. The molecule has 1 saturated carbocycles. The number of rotatable bonds is 6. The summed E-state index contributed by atoms with van der Waals surface area (Å²) < 4.78 is 10.8. The lowest BCUT2D eigenvalue weighted by Gasteiger charge is -2.45. The Morgan fingerprint density at radius 3 is 2.81 bits per heavy atom. The number of fused-ring (bicyclic) bond motifs is 1.